The maximum absolute atomic E-state index is 3.87. The van der Waals surface area contributed by atoms with Gasteiger partial charge in [-0.25, -0.2) is 0 Å². The third kappa shape index (κ3) is 4.89. The quantitative estimate of drug-likeness (QED) is 0.781. The molecule has 0 radical (unpaired) electrons. The molecule has 0 aromatic rings. The Morgan fingerprint density at radius 2 is 1.28 bits per heavy atom. The molecule has 2 saturated carbocycles. The Hall–Kier alpha value is -0.0800. The van der Waals surface area contributed by atoms with Crippen molar-refractivity contribution in [2.45, 2.75) is 95.7 Å². The van der Waals surface area contributed by atoms with E-state index in [0.29, 0.717) is 0 Å². The molecule has 0 aromatic carbocycles. The monoisotopic (exact) mass is 252 g/mol. The van der Waals surface area contributed by atoms with Crippen molar-refractivity contribution in [2.24, 2.45) is 0 Å². The number of rotatable bonds is 5. The Balaban J connectivity index is 1.68. The Bertz CT molecular complexity index is 225. The molecule has 106 valence electrons. The zero-order valence-electron chi connectivity index (χ0n) is 12.4. The molecule has 0 heterocycles. The van der Waals surface area contributed by atoms with Crippen molar-refractivity contribution in [2.75, 3.05) is 6.54 Å². The van der Waals surface area contributed by atoms with Crippen molar-refractivity contribution < 1.29 is 0 Å². The minimum absolute atomic E-state index is 0.249. The van der Waals surface area contributed by atoms with Crippen molar-refractivity contribution in [1.82, 2.24) is 10.6 Å². The van der Waals surface area contributed by atoms with E-state index in [0.717, 1.165) is 18.6 Å². The van der Waals surface area contributed by atoms with Crippen LogP contribution < -0.4 is 10.6 Å². The van der Waals surface area contributed by atoms with Crippen molar-refractivity contribution in [3.05, 3.63) is 0 Å². The first-order valence-electron chi connectivity index (χ1n) is 8.17. The van der Waals surface area contributed by atoms with Crippen LogP contribution >= 0.6 is 0 Å². The summed E-state index contributed by atoms with van der Waals surface area (Å²) in [7, 11) is 0. The highest BCUT2D eigenvalue weighted by Crippen LogP contribution is 2.21. The molecule has 2 aliphatic rings. The summed E-state index contributed by atoms with van der Waals surface area (Å²) in [5.41, 5.74) is 0.249. The van der Waals surface area contributed by atoms with Crippen LogP contribution in [0.3, 0.4) is 0 Å². The lowest BCUT2D eigenvalue weighted by Gasteiger charge is -2.36. The highest BCUT2D eigenvalue weighted by molar-refractivity contribution is 4.87. The fourth-order valence-electron chi connectivity index (χ4n) is 3.56. The second kappa shape index (κ2) is 6.91. The lowest BCUT2D eigenvalue weighted by atomic mass is 9.91. The number of hydrogen-bond acceptors (Lipinski definition) is 2. The largest absolute Gasteiger partial charge is 0.312 e. The third-order valence-electron chi connectivity index (χ3n) is 4.64. The molecule has 2 aliphatic carbocycles. The van der Waals surface area contributed by atoms with Gasteiger partial charge in [0.15, 0.2) is 0 Å². The van der Waals surface area contributed by atoms with Gasteiger partial charge in [0.05, 0.1) is 0 Å². The Kier molecular flexibility index (Phi) is 5.50. The van der Waals surface area contributed by atoms with Crippen molar-refractivity contribution in [3.8, 4) is 0 Å². The van der Waals surface area contributed by atoms with E-state index in [-0.39, 0.29) is 5.54 Å². The minimum Gasteiger partial charge on any atom is -0.312 e. The van der Waals surface area contributed by atoms with E-state index in [4.69, 9.17) is 0 Å². The summed E-state index contributed by atoms with van der Waals surface area (Å²) in [6, 6.07) is 1.55. The van der Waals surface area contributed by atoms with Crippen molar-refractivity contribution in [1.29, 1.82) is 0 Å². The molecular weight excluding hydrogens is 220 g/mol. The van der Waals surface area contributed by atoms with Gasteiger partial charge in [-0.3, -0.25) is 0 Å². The van der Waals surface area contributed by atoms with Gasteiger partial charge in [0.25, 0.3) is 0 Å². The van der Waals surface area contributed by atoms with Crippen LogP contribution in [0.2, 0.25) is 0 Å². The average molecular weight is 252 g/mol. The van der Waals surface area contributed by atoms with E-state index in [1.807, 2.05) is 0 Å². The fourth-order valence-corrected chi connectivity index (χ4v) is 3.56. The Labute approximate surface area is 113 Å². The zero-order valence-corrected chi connectivity index (χ0v) is 12.4. The fraction of sp³-hybridized carbons (Fsp3) is 1.00. The van der Waals surface area contributed by atoms with Crippen LogP contribution in [0.4, 0.5) is 0 Å². The smallest absolute Gasteiger partial charge is 0.0252 e. The maximum atomic E-state index is 3.87. The highest BCUT2D eigenvalue weighted by atomic mass is 15.1. The topological polar surface area (TPSA) is 24.1 Å². The van der Waals surface area contributed by atoms with E-state index in [1.54, 1.807) is 0 Å². The molecule has 18 heavy (non-hydrogen) atoms. The van der Waals surface area contributed by atoms with Gasteiger partial charge in [0.1, 0.15) is 0 Å². The van der Waals surface area contributed by atoms with E-state index < -0.39 is 0 Å². The van der Waals surface area contributed by atoms with Crippen molar-refractivity contribution >= 4 is 0 Å². The van der Waals surface area contributed by atoms with Gasteiger partial charge >= 0.3 is 0 Å². The van der Waals surface area contributed by atoms with E-state index >= 15 is 0 Å². The van der Waals surface area contributed by atoms with E-state index in [9.17, 15) is 0 Å². The molecular formula is C16H32N2. The lowest BCUT2D eigenvalue weighted by molar-refractivity contribution is 0.254. The minimum atomic E-state index is 0.249. The molecule has 0 aromatic heterocycles. The van der Waals surface area contributed by atoms with E-state index in [2.05, 4.69) is 24.5 Å². The van der Waals surface area contributed by atoms with Crippen LogP contribution in [0, 0.1) is 0 Å². The summed E-state index contributed by atoms with van der Waals surface area (Å²) in [4.78, 5) is 0. The van der Waals surface area contributed by atoms with Crippen molar-refractivity contribution in [3.63, 3.8) is 0 Å². The van der Waals surface area contributed by atoms with Crippen LogP contribution in [0.5, 0.6) is 0 Å². The third-order valence-corrected chi connectivity index (χ3v) is 4.64. The van der Waals surface area contributed by atoms with E-state index in [1.165, 1.54) is 64.2 Å². The average Bonchev–Trinajstić information content (AvgIpc) is 2.38. The summed E-state index contributed by atoms with van der Waals surface area (Å²) in [6.07, 6.45) is 14.1. The molecule has 2 nitrogen and oxygen atoms in total. The van der Waals surface area contributed by atoms with Gasteiger partial charge in [-0.05, 0) is 39.5 Å². The van der Waals surface area contributed by atoms with Crippen LogP contribution in [0.15, 0.2) is 0 Å². The SMILES string of the molecule is CC(C)(CNC1CCCCC1)NC1CCCCC1. The van der Waals surface area contributed by atoms with Crippen LogP contribution in [-0.2, 0) is 0 Å². The normalized spacial score (nSPS) is 24.3. The lowest BCUT2D eigenvalue weighted by Crippen LogP contribution is -2.54. The predicted octanol–water partition coefficient (Wildman–Crippen LogP) is 3.61. The summed E-state index contributed by atoms with van der Waals surface area (Å²) in [5, 5.41) is 7.66. The molecule has 0 spiro atoms. The summed E-state index contributed by atoms with van der Waals surface area (Å²) < 4.78 is 0. The van der Waals surface area contributed by atoms with Gasteiger partial charge in [-0.2, -0.15) is 0 Å². The van der Waals surface area contributed by atoms with Gasteiger partial charge in [0, 0.05) is 24.2 Å². The zero-order chi connectivity index (χ0) is 12.8. The summed E-state index contributed by atoms with van der Waals surface area (Å²) in [5.74, 6) is 0. The van der Waals surface area contributed by atoms with Crippen LogP contribution in [-0.4, -0.2) is 24.2 Å². The standard InChI is InChI=1S/C16H32N2/c1-16(2,18-15-11-7-4-8-12-15)13-17-14-9-5-3-6-10-14/h14-15,17-18H,3-13H2,1-2H3. The molecule has 2 rings (SSSR count). The van der Waals surface area contributed by atoms with Gasteiger partial charge in [-0.1, -0.05) is 38.5 Å². The van der Waals surface area contributed by atoms with Gasteiger partial charge in [0.2, 0.25) is 0 Å². The summed E-state index contributed by atoms with van der Waals surface area (Å²) in [6.45, 7) is 5.84. The molecule has 0 unspecified atom stereocenters. The number of nitrogens with one attached hydrogen (secondary N) is 2. The molecule has 0 aliphatic heterocycles. The van der Waals surface area contributed by atoms with Crippen LogP contribution in [0.25, 0.3) is 0 Å². The Morgan fingerprint density at radius 1 is 0.778 bits per heavy atom. The molecule has 0 saturated heterocycles. The second-order valence-electron chi connectivity index (χ2n) is 7.08. The van der Waals surface area contributed by atoms with Gasteiger partial charge < -0.3 is 10.6 Å². The summed E-state index contributed by atoms with van der Waals surface area (Å²) >= 11 is 0. The van der Waals surface area contributed by atoms with Crippen LogP contribution in [0.1, 0.15) is 78.1 Å². The Morgan fingerprint density at radius 3 is 1.83 bits per heavy atom. The predicted molar refractivity (Wildman–Crippen MR) is 79.0 cm³/mol. The first-order valence-corrected chi connectivity index (χ1v) is 8.17. The first-order chi connectivity index (χ1) is 8.66. The first kappa shape index (κ1) is 14.3. The molecule has 2 heteroatoms. The highest BCUT2D eigenvalue weighted by Gasteiger charge is 2.24. The molecule has 2 fully saturated rings. The van der Waals surface area contributed by atoms with Gasteiger partial charge in [-0.15, -0.1) is 0 Å². The maximum Gasteiger partial charge on any atom is 0.0252 e. The molecule has 0 bridgehead atoms. The number of hydrogen-bond donors (Lipinski definition) is 2. The molecule has 0 atom stereocenters. The molecule has 0 amide bonds. The second-order valence-corrected chi connectivity index (χ2v) is 7.08. The molecule has 2 N–H and O–H groups in total.